The standard InChI is InChI=1S/C13H19N3O3/c1-8(2)19-11-5-6-14-13(16-11)15-10-4-3-9(7-10)12(17)18/h5-6,8-10H,3-4,7H2,1-2H3,(H,17,18)(H,14,15,16). The van der Waals surface area contributed by atoms with Crippen LogP contribution in [-0.4, -0.2) is 33.2 Å². The van der Waals surface area contributed by atoms with E-state index in [1.807, 2.05) is 13.8 Å². The molecule has 0 amide bonds. The first kappa shape index (κ1) is 13.6. The summed E-state index contributed by atoms with van der Waals surface area (Å²) in [5.41, 5.74) is 0. The van der Waals surface area contributed by atoms with Crippen molar-refractivity contribution in [2.75, 3.05) is 5.32 Å². The number of hydrogen-bond donors (Lipinski definition) is 2. The number of hydrogen-bond acceptors (Lipinski definition) is 5. The first-order valence-electron chi connectivity index (χ1n) is 6.53. The van der Waals surface area contributed by atoms with E-state index in [2.05, 4.69) is 15.3 Å². The van der Waals surface area contributed by atoms with E-state index in [1.54, 1.807) is 12.3 Å². The van der Waals surface area contributed by atoms with Gasteiger partial charge in [-0.05, 0) is 33.1 Å². The van der Waals surface area contributed by atoms with Crippen molar-refractivity contribution < 1.29 is 14.6 Å². The number of carboxylic acid groups (broad SMARTS) is 1. The Hall–Kier alpha value is -1.85. The first-order chi connectivity index (χ1) is 9.04. The Kier molecular flexibility index (Phi) is 4.19. The maximum absolute atomic E-state index is 10.9. The Morgan fingerprint density at radius 2 is 2.32 bits per heavy atom. The van der Waals surface area contributed by atoms with Crippen LogP contribution >= 0.6 is 0 Å². The van der Waals surface area contributed by atoms with Crippen molar-refractivity contribution in [3.05, 3.63) is 12.3 Å². The van der Waals surface area contributed by atoms with Gasteiger partial charge in [0.25, 0.3) is 0 Å². The Morgan fingerprint density at radius 3 is 2.95 bits per heavy atom. The second-order valence-electron chi connectivity index (χ2n) is 5.07. The molecule has 1 aliphatic rings. The Morgan fingerprint density at radius 1 is 1.53 bits per heavy atom. The van der Waals surface area contributed by atoms with Crippen LogP contribution in [0.25, 0.3) is 0 Å². The molecule has 1 saturated carbocycles. The van der Waals surface area contributed by atoms with E-state index in [-0.39, 0.29) is 18.1 Å². The molecular weight excluding hydrogens is 246 g/mol. The Balaban J connectivity index is 1.94. The first-order valence-corrected chi connectivity index (χ1v) is 6.53. The van der Waals surface area contributed by atoms with Gasteiger partial charge in [0.2, 0.25) is 11.8 Å². The van der Waals surface area contributed by atoms with E-state index in [4.69, 9.17) is 9.84 Å². The lowest BCUT2D eigenvalue weighted by Gasteiger charge is -2.13. The monoisotopic (exact) mass is 265 g/mol. The van der Waals surface area contributed by atoms with Crippen molar-refractivity contribution in [2.45, 2.75) is 45.3 Å². The summed E-state index contributed by atoms with van der Waals surface area (Å²) in [5.74, 6) is 0.0455. The van der Waals surface area contributed by atoms with Gasteiger partial charge in [-0.3, -0.25) is 4.79 Å². The molecule has 1 aliphatic carbocycles. The van der Waals surface area contributed by atoms with Crippen LogP contribution < -0.4 is 10.1 Å². The molecule has 0 saturated heterocycles. The van der Waals surface area contributed by atoms with Crippen LogP contribution in [0.4, 0.5) is 5.95 Å². The summed E-state index contributed by atoms with van der Waals surface area (Å²) in [6, 6.07) is 1.83. The molecule has 104 valence electrons. The molecule has 2 unspecified atom stereocenters. The Labute approximate surface area is 112 Å². The third-order valence-corrected chi connectivity index (χ3v) is 3.10. The van der Waals surface area contributed by atoms with E-state index in [1.165, 1.54) is 0 Å². The molecule has 1 aromatic heterocycles. The van der Waals surface area contributed by atoms with Gasteiger partial charge in [0.1, 0.15) is 0 Å². The van der Waals surface area contributed by atoms with Gasteiger partial charge in [-0.25, -0.2) is 4.98 Å². The number of carbonyl (C=O) groups is 1. The lowest BCUT2D eigenvalue weighted by atomic mass is 10.1. The molecule has 0 aromatic carbocycles. The maximum atomic E-state index is 10.9. The van der Waals surface area contributed by atoms with E-state index < -0.39 is 5.97 Å². The molecule has 1 fully saturated rings. The topological polar surface area (TPSA) is 84.3 Å². The third-order valence-electron chi connectivity index (χ3n) is 3.10. The Bertz CT molecular complexity index is 451. The second-order valence-corrected chi connectivity index (χ2v) is 5.07. The van der Waals surface area contributed by atoms with Crippen LogP contribution in [0, 0.1) is 5.92 Å². The highest BCUT2D eigenvalue weighted by atomic mass is 16.5. The number of carboxylic acids is 1. The SMILES string of the molecule is CC(C)Oc1ccnc(NC2CCC(C(=O)O)C2)n1. The van der Waals surface area contributed by atoms with Crippen molar-refractivity contribution in [1.82, 2.24) is 9.97 Å². The molecular formula is C13H19N3O3. The van der Waals surface area contributed by atoms with Crippen molar-refractivity contribution >= 4 is 11.9 Å². The van der Waals surface area contributed by atoms with E-state index in [0.717, 1.165) is 6.42 Å². The summed E-state index contributed by atoms with van der Waals surface area (Å²) in [6.45, 7) is 3.87. The minimum atomic E-state index is -0.720. The number of nitrogens with one attached hydrogen (secondary N) is 1. The summed E-state index contributed by atoms with van der Waals surface area (Å²) in [6.07, 6.45) is 3.85. The van der Waals surface area contributed by atoms with Gasteiger partial charge in [0, 0.05) is 18.3 Å². The summed E-state index contributed by atoms with van der Waals surface area (Å²) < 4.78 is 5.49. The second kappa shape index (κ2) is 5.86. The van der Waals surface area contributed by atoms with Gasteiger partial charge in [0.05, 0.1) is 12.0 Å². The van der Waals surface area contributed by atoms with Crippen LogP contribution in [0.2, 0.25) is 0 Å². The van der Waals surface area contributed by atoms with Gasteiger partial charge >= 0.3 is 5.97 Å². The minimum absolute atomic E-state index is 0.0608. The molecule has 1 aromatic rings. The summed E-state index contributed by atoms with van der Waals surface area (Å²) in [4.78, 5) is 19.3. The normalized spacial score (nSPS) is 22.5. The number of rotatable bonds is 5. The van der Waals surface area contributed by atoms with Crippen molar-refractivity contribution in [3.8, 4) is 5.88 Å². The largest absolute Gasteiger partial charge is 0.481 e. The molecule has 2 rings (SSSR count). The maximum Gasteiger partial charge on any atom is 0.306 e. The number of anilines is 1. The summed E-state index contributed by atoms with van der Waals surface area (Å²) in [5, 5.41) is 12.1. The molecule has 6 heteroatoms. The highest BCUT2D eigenvalue weighted by molar-refractivity contribution is 5.70. The van der Waals surface area contributed by atoms with Crippen molar-refractivity contribution in [1.29, 1.82) is 0 Å². The molecule has 0 radical (unpaired) electrons. The lowest BCUT2D eigenvalue weighted by Crippen LogP contribution is -2.19. The fourth-order valence-electron chi connectivity index (χ4n) is 2.24. The van der Waals surface area contributed by atoms with Gasteiger partial charge in [-0.15, -0.1) is 0 Å². The smallest absolute Gasteiger partial charge is 0.306 e. The van der Waals surface area contributed by atoms with Crippen LogP contribution in [0.1, 0.15) is 33.1 Å². The number of aliphatic carboxylic acids is 1. The summed E-state index contributed by atoms with van der Waals surface area (Å²) in [7, 11) is 0. The molecule has 0 spiro atoms. The molecule has 19 heavy (non-hydrogen) atoms. The van der Waals surface area contributed by atoms with Crippen LogP contribution in [0.15, 0.2) is 12.3 Å². The summed E-state index contributed by atoms with van der Waals surface area (Å²) >= 11 is 0. The predicted molar refractivity (Wildman–Crippen MR) is 70.2 cm³/mol. The fourth-order valence-corrected chi connectivity index (χ4v) is 2.24. The van der Waals surface area contributed by atoms with Crippen molar-refractivity contribution in [2.24, 2.45) is 5.92 Å². The zero-order chi connectivity index (χ0) is 13.8. The quantitative estimate of drug-likeness (QED) is 0.846. The molecule has 2 atom stereocenters. The fraction of sp³-hybridized carbons (Fsp3) is 0.615. The zero-order valence-corrected chi connectivity index (χ0v) is 11.2. The van der Waals surface area contributed by atoms with Gasteiger partial charge < -0.3 is 15.2 Å². The lowest BCUT2D eigenvalue weighted by molar-refractivity contribution is -0.141. The van der Waals surface area contributed by atoms with Crippen molar-refractivity contribution in [3.63, 3.8) is 0 Å². The molecule has 0 bridgehead atoms. The average molecular weight is 265 g/mol. The van der Waals surface area contributed by atoms with Crippen LogP contribution in [-0.2, 0) is 4.79 Å². The molecule has 1 heterocycles. The van der Waals surface area contributed by atoms with Gasteiger partial charge in [-0.1, -0.05) is 0 Å². The predicted octanol–water partition coefficient (Wildman–Crippen LogP) is 1.93. The minimum Gasteiger partial charge on any atom is -0.481 e. The number of ether oxygens (including phenoxy) is 1. The number of aromatic nitrogens is 2. The highest BCUT2D eigenvalue weighted by Crippen LogP contribution is 2.27. The zero-order valence-electron chi connectivity index (χ0n) is 11.2. The van der Waals surface area contributed by atoms with E-state index in [0.29, 0.717) is 24.7 Å². The van der Waals surface area contributed by atoms with Crippen LogP contribution in [0.5, 0.6) is 5.88 Å². The highest BCUT2D eigenvalue weighted by Gasteiger charge is 2.29. The molecule has 6 nitrogen and oxygen atoms in total. The van der Waals surface area contributed by atoms with Gasteiger partial charge in [-0.2, -0.15) is 4.98 Å². The third kappa shape index (κ3) is 3.81. The van der Waals surface area contributed by atoms with Crippen LogP contribution in [0.3, 0.4) is 0 Å². The van der Waals surface area contributed by atoms with E-state index >= 15 is 0 Å². The van der Waals surface area contributed by atoms with Gasteiger partial charge in [0.15, 0.2) is 0 Å². The van der Waals surface area contributed by atoms with E-state index in [9.17, 15) is 4.79 Å². The average Bonchev–Trinajstić information content (AvgIpc) is 2.77. The molecule has 0 aliphatic heterocycles. The number of nitrogens with zero attached hydrogens (tertiary/aromatic N) is 2. The molecule has 2 N–H and O–H groups in total.